The van der Waals surface area contributed by atoms with Gasteiger partial charge in [0.15, 0.2) is 0 Å². The first-order valence-electron chi connectivity index (χ1n) is 6.13. The Morgan fingerprint density at radius 2 is 1.74 bits per heavy atom. The van der Waals surface area contributed by atoms with Crippen molar-refractivity contribution >= 4 is 23.2 Å². The van der Waals surface area contributed by atoms with Crippen molar-refractivity contribution in [1.82, 2.24) is 0 Å². The van der Waals surface area contributed by atoms with E-state index in [0.717, 1.165) is 11.1 Å². The number of alkyl halides is 1. The fourth-order valence-electron chi connectivity index (χ4n) is 2.13. The molecule has 0 aliphatic heterocycles. The summed E-state index contributed by atoms with van der Waals surface area (Å²) < 4.78 is 5.84. The molecular weight excluding hydrogens is 279 g/mol. The third-order valence-electron chi connectivity index (χ3n) is 2.86. The minimum atomic E-state index is 0.392. The van der Waals surface area contributed by atoms with Crippen LogP contribution in [0, 0.1) is 13.8 Å². The van der Waals surface area contributed by atoms with Crippen molar-refractivity contribution in [2.75, 3.05) is 0 Å². The zero-order chi connectivity index (χ0) is 13.8. The molecule has 0 aliphatic rings. The summed E-state index contributed by atoms with van der Waals surface area (Å²) >= 11 is 12.1. The molecule has 3 heteroatoms. The van der Waals surface area contributed by atoms with Gasteiger partial charge in [0.25, 0.3) is 0 Å². The lowest BCUT2D eigenvalue weighted by atomic mass is 10.1. The Kier molecular flexibility index (Phi) is 4.73. The average molecular weight is 295 g/mol. The summed E-state index contributed by atoms with van der Waals surface area (Å²) in [5.74, 6) is 1.07. The third-order valence-corrected chi connectivity index (χ3v) is 3.44. The zero-order valence-electron chi connectivity index (χ0n) is 11.0. The van der Waals surface area contributed by atoms with Crippen molar-refractivity contribution in [2.45, 2.75) is 26.3 Å². The van der Waals surface area contributed by atoms with E-state index in [2.05, 4.69) is 32.0 Å². The number of aryl methyl sites for hydroxylation is 2. The maximum absolute atomic E-state index is 6.15. The van der Waals surface area contributed by atoms with Crippen molar-refractivity contribution in [1.29, 1.82) is 0 Å². The van der Waals surface area contributed by atoms with Crippen LogP contribution in [-0.2, 0) is 12.5 Å². The van der Waals surface area contributed by atoms with E-state index < -0.39 is 0 Å². The first-order valence-corrected chi connectivity index (χ1v) is 7.04. The van der Waals surface area contributed by atoms with Gasteiger partial charge in [-0.3, -0.25) is 0 Å². The molecule has 0 aliphatic carbocycles. The molecule has 0 aromatic heterocycles. The van der Waals surface area contributed by atoms with Crippen LogP contribution in [0.5, 0.6) is 5.75 Å². The summed E-state index contributed by atoms with van der Waals surface area (Å²) in [5, 5.41) is 0.600. The molecule has 0 amide bonds. The molecule has 0 atom stereocenters. The smallest absolute Gasteiger partial charge is 0.142 e. The maximum Gasteiger partial charge on any atom is 0.142 e. The van der Waals surface area contributed by atoms with Crippen LogP contribution < -0.4 is 4.74 Å². The fourth-order valence-corrected chi connectivity index (χ4v) is 2.59. The zero-order valence-corrected chi connectivity index (χ0v) is 12.6. The van der Waals surface area contributed by atoms with Crippen molar-refractivity contribution < 1.29 is 4.74 Å². The normalized spacial score (nSPS) is 10.5. The second-order valence-corrected chi connectivity index (χ2v) is 5.32. The molecule has 0 N–H and O–H groups in total. The van der Waals surface area contributed by atoms with Gasteiger partial charge in [-0.05, 0) is 25.5 Å². The van der Waals surface area contributed by atoms with Gasteiger partial charge in [0.05, 0.1) is 10.9 Å². The van der Waals surface area contributed by atoms with Gasteiger partial charge < -0.3 is 4.74 Å². The van der Waals surface area contributed by atoms with E-state index in [4.69, 9.17) is 27.9 Å². The van der Waals surface area contributed by atoms with Crippen LogP contribution >= 0.6 is 23.2 Å². The minimum Gasteiger partial charge on any atom is -0.487 e. The first kappa shape index (κ1) is 14.2. The van der Waals surface area contributed by atoms with E-state index in [1.807, 2.05) is 18.2 Å². The van der Waals surface area contributed by atoms with Gasteiger partial charge in [0, 0.05) is 5.56 Å². The Hall–Kier alpha value is -1.18. The third kappa shape index (κ3) is 3.65. The molecule has 0 saturated heterocycles. The second kappa shape index (κ2) is 6.31. The van der Waals surface area contributed by atoms with E-state index in [0.29, 0.717) is 23.3 Å². The molecule has 1 nitrogen and oxygen atoms in total. The van der Waals surface area contributed by atoms with Gasteiger partial charge in [0.1, 0.15) is 12.4 Å². The van der Waals surface area contributed by atoms with Gasteiger partial charge in [-0.1, -0.05) is 53.1 Å². The standard InChI is InChI=1S/C16H16Cl2O/c1-11-6-12(2)8-13(7-11)10-19-16-14(9-17)4-3-5-15(16)18/h3-8H,9-10H2,1-2H3. The van der Waals surface area contributed by atoms with Crippen LogP contribution in [0.3, 0.4) is 0 Å². The average Bonchev–Trinajstić information content (AvgIpc) is 2.36. The second-order valence-electron chi connectivity index (χ2n) is 4.65. The van der Waals surface area contributed by atoms with E-state index >= 15 is 0 Å². The van der Waals surface area contributed by atoms with Crippen LogP contribution in [0.1, 0.15) is 22.3 Å². The first-order chi connectivity index (χ1) is 9.10. The predicted octanol–water partition coefficient (Wildman–Crippen LogP) is 5.27. The van der Waals surface area contributed by atoms with Crippen LogP contribution in [0.4, 0.5) is 0 Å². The SMILES string of the molecule is Cc1cc(C)cc(COc2c(Cl)cccc2CCl)c1. The Morgan fingerprint density at radius 3 is 2.37 bits per heavy atom. The maximum atomic E-state index is 6.15. The number of rotatable bonds is 4. The lowest BCUT2D eigenvalue weighted by Gasteiger charge is -2.12. The van der Waals surface area contributed by atoms with Crippen molar-refractivity contribution in [3.63, 3.8) is 0 Å². The summed E-state index contributed by atoms with van der Waals surface area (Å²) in [4.78, 5) is 0. The number of para-hydroxylation sites is 1. The Morgan fingerprint density at radius 1 is 1.05 bits per heavy atom. The number of hydrogen-bond acceptors (Lipinski definition) is 1. The molecule has 0 saturated carbocycles. The summed E-state index contributed by atoms with van der Waals surface area (Å²) in [5.41, 5.74) is 4.52. The molecule has 0 spiro atoms. The highest BCUT2D eigenvalue weighted by molar-refractivity contribution is 6.32. The summed E-state index contributed by atoms with van der Waals surface area (Å²) in [6.07, 6.45) is 0. The van der Waals surface area contributed by atoms with Gasteiger partial charge in [0.2, 0.25) is 0 Å². The molecule has 0 unspecified atom stereocenters. The Labute approximate surface area is 124 Å². The molecule has 0 bridgehead atoms. The predicted molar refractivity (Wildman–Crippen MR) is 81.3 cm³/mol. The van der Waals surface area contributed by atoms with E-state index in [1.54, 1.807) is 0 Å². The number of hydrogen-bond donors (Lipinski definition) is 0. The molecule has 2 aromatic carbocycles. The minimum absolute atomic E-state index is 0.392. The van der Waals surface area contributed by atoms with Crippen LogP contribution in [0.15, 0.2) is 36.4 Å². The fraction of sp³-hybridized carbons (Fsp3) is 0.250. The molecule has 2 rings (SSSR count). The molecule has 0 heterocycles. The van der Waals surface area contributed by atoms with E-state index in [-0.39, 0.29) is 0 Å². The molecular formula is C16H16Cl2O. The largest absolute Gasteiger partial charge is 0.487 e. The number of halogens is 2. The lowest BCUT2D eigenvalue weighted by Crippen LogP contribution is -1.99. The van der Waals surface area contributed by atoms with Gasteiger partial charge in [-0.15, -0.1) is 11.6 Å². The van der Waals surface area contributed by atoms with E-state index in [9.17, 15) is 0 Å². The van der Waals surface area contributed by atoms with E-state index in [1.165, 1.54) is 11.1 Å². The van der Waals surface area contributed by atoms with Crippen molar-refractivity contribution in [3.8, 4) is 5.75 Å². The van der Waals surface area contributed by atoms with Crippen molar-refractivity contribution in [2.24, 2.45) is 0 Å². The molecule has 0 fully saturated rings. The van der Waals surface area contributed by atoms with Crippen LogP contribution in [0.2, 0.25) is 5.02 Å². The number of benzene rings is 2. The van der Waals surface area contributed by atoms with Gasteiger partial charge >= 0.3 is 0 Å². The topological polar surface area (TPSA) is 9.23 Å². The molecule has 100 valence electrons. The summed E-state index contributed by atoms with van der Waals surface area (Å²) in [7, 11) is 0. The van der Waals surface area contributed by atoms with Crippen LogP contribution in [-0.4, -0.2) is 0 Å². The molecule has 19 heavy (non-hydrogen) atoms. The quantitative estimate of drug-likeness (QED) is 0.698. The van der Waals surface area contributed by atoms with Crippen molar-refractivity contribution in [3.05, 3.63) is 63.7 Å². The Balaban J connectivity index is 2.18. The van der Waals surface area contributed by atoms with Gasteiger partial charge in [-0.25, -0.2) is 0 Å². The summed E-state index contributed by atoms with van der Waals surface area (Å²) in [6.45, 7) is 4.66. The molecule has 0 radical (unpaired) electrons. The lowest BCUT2D eigenvalue weighted by molar-refractivity contribution is 0.304. The molecule has 2 aromatic rings. The highest BCUT2D eigenvalue weighted by atomic mass is 35.5. The summed E-state index contributed by atoms with van der Waals surface area (Å²) in [6, 6.07) is 12.0. The highest BCUT2D eigenvalue weighted by Crippen LogP contribution is 2.30. The van der Waals surface area contributed by atoms with Crippen LogP contribution in [0.25, 0.3) is 0 Å². The highest BCUT2D eigenvalue weighted by Gasteiger charge is 2.08. The van der Waals surface area contributed by atoms with Gasteiger partial charge in [-0.2, -0.15) is 0 Å². The number of ether oxygens (including phenoxy) is 1. The monoisotopic (exact) mass is 294 g/mol. The Bertz CT molecular complexity index is 559.